The number of ketones is 1. The highest BCUT2D eigenvalue weighted by Crippen LogP contribution is 2.30. The fourth-order valence-corrected chi connectivity index (χ4v) is 5.71. The topological polar surface area (TPSA) is 65.2 Å². The van der Waals surface area contributed by atoms with Crippen molar-refractivity contribution in [2.75, 3.05) is 26.0 Å². The maximum absolute atomic E-state index is 13.1. The Hall–Kier alpha value is -2.58. The minimum atomic E-state index is 0.118. The van der Waals surface area contributed by atoms with Crippen molar-refractivity contribution < 1.29 is 9.53 Å². The molecule has 1 unspecified atom stereocenters. The molecular weight excluding hydrogens is 446 g/mol. The van der Waals surface area contributed by atoms with Crippen LogP contribution in [0.25, 0.3) is 5.69 Å². The third-order valence-electron chi connectivity index (χ3n) is 6.82. The van der Waals surface area contributed by atoms with Crippen molar-refractivity contribution in [2.45, 2.75) is 64.7 Å². The fraction of sp³-hybridized carbons (Fsp3) is 0.500. The molecule has 1 fully saturated rings. The van der Waals surface area contributed by atoms with Gasteiger partial charge in [0.1, 0.15) is 5.75 Å². The lowest BCUT2D eigenvalue weighted by atomic mass is 10.1. The monoisotopic (exact) mass is 481 g/mol. The van der Waals surface area contributed by atoms with Crippen molar-refractivity contribution >= 4 is 17.5 Å². The van der Waals surface area contributed by atoms with E-state index < -0.39 is 0 Å². The standard InChI is InChI=1S/C26H35N5O2S/c1-6-30-18(2)16-23(19(30)3)24(32)17-34-26-28-27-25(20(4)29-14-8-7-9-15-29)31(26)21-10-12-22(33-5)13-11-21/h10-13,16,20H,6-9,14-15,17H2,1-5H3. The Labute approximate surface area is 206 Å². The molecule has 0 amide bonds. The molecule has 0 radical (unpaired) electrons. The van der Waals surface area contributed by atoms with E-state index >= 15 is 0 Å². The highest BCUT2D eigenvalue weighted by Gasteiger charge is 2.26. The molecule has 0 spiro atoms. The van der Waals surface area contributed by atoms with Gasteiger partial charge in [0.2, 0.25) is 0 Å². The number of carbonyl (C=O) groups is 1. The lowest BCUT2D eigenvalue weighted by Crippen LogP contribution is -2.33. The Bertz CT molecular complexity index is 1130. The summed E-state index contributed by atoms with van der Waals surface area (Å²) in [6, 6.07) is 10.1. The molecule has 1 aliphatic heterocycles. The van der Waals surface area contributed by atoms with Crippen molar-refractivity contribution in [2.24, 2.45) is 0 Å². The zero-order chi connectivity index (χ0) is 24.2. The molecule has 1 saturated heterocycles. The van der Waals surface area contributed by atoms with E-state index in [2.05, 4.69) is 45.0 Å². The predicted molar refractivity (Wildman–Crippen MR) is 136 cm³/mol. The molecule has 182 valence electrons. The van der Waals surface area contributed by atoms with Crippen molar-refractivity contribution in [3.63, 3.8) is 0 Å². The van der Waals surface area contributed by atoms with Gasteiger partial charge in [-0.2, -0.15) is 0 Å². The van der Waals surface area contributed by atoms with Crippen LogP contribution in [-0.4, -0.2) is 56.0 Å². The minimum Gasteiger partial charge on any atom is -0.497 e. The van der Waals surface area contributed by atoms with Crippen LogP contribution in [0.15, 0.2) is 35.5 Å². The lowest BCUT2D eigenvalue weighted by molar-refractivity contribution is 0.102. The van der Waals surface area contributed by atoms with Crippen molar-refractivity contribution in [3.05, 3.63) is 53.1 Å². The van der Waals surface area contributed by atoms with Crippen LogP contribution in [-0.2, 0) is 6.54 Å². The Morgan fingerprint density at radius 1 is 1.12 bits per heavy atom. The number of benzene rings is 1. The third kappa shape index (κ3) is 4.93. The molecule has 0 N–H and O–H groups in total. The van der Waals surface area contributed by atoms with Gasteiger partial charge < -0.3 is 9.30 Å². The Morgan fingerprint density at radius 2 is 1.82 bits per heavy atom. The van der Waals surface area contributed by atoms with Gasteiger partial charge in [-0.3, -0.25) is 14.3 Å². The molecule has 3 heterocycles. The van der Waals surface area contributed by atoms with Gasteiger partial charge in [-0.05, 0) is 84.0 Å². The van der Waals surface area contributed by atoms with E-state index in [1.54, 1.807) is 7.11 Å². The number of hydrogen-bond acceptors (Lipinski definition) is 6. The van der Waals surface area contributed by atoms with E-state index in [1.807, 2.05) is 37.3 Å². The minimum absolute atomic E-state index is 0.118. The van der Waals surface area contributed by atoms with Gasteiger partial charge in [0.15, 0.2) is 16.8 Å². The van der Waals surface area contributed by atoms with Crippen LogP contribution in [0.3, 0.4) is 0 Å². The summed E-state index contributed by atoms with van der Waals surface area (Å²) in [6.45, 7) is 11.4. The van der Waals surface area contributed by atoms with Gasteiger partial charge >= 0.3 is 0 Å². The third-order valence-corrected chi connectivity index (χ3v) is 7.75. The number of methoxy groups -OCH3 is 1. The van der Waals surface area contributed by atoms with E-state index in [-0.39, 0.29) is 11.8 Å². The molecule has 0 aliphatic carbocycles. The Kier molecular flexibility index (Phi) is 7.78. The maximum Gasteiger partial charge on any atom is 0.196 e. The number of nitrogens with zero attached hydrogens (tertiary/aromatic N) is 5. The van der Waals surface area contributed by atoms with E-state index in [4.69, 9.17) is 4.74 Å². The molecule has 34 heavy (non-hydrogen) atoms. The van der Waals surface area contributed by atoms with Crippen LogP contribution in [0, 0.1) is 13.8 Å². The summed E-state index contributed by atoms with van der Waals surface area (Å²) in [5.41, 5.74) is 3.92. The molecule has 0 bridgehead atoms. The molecule has 8 heteroatoms. The largest absolute Gasteiger partial charge is 0.497 e. The summed E-state index contributed by atoms with van der Waals surface area (Å²) in [5, 5.41) is 9.89. The lowest BCUT2D eigenvalue weighted by Gasteiger charge is -2.31. The quantitative estimate of drug-likeness (QED) is 0.308. The zero-order valence-corrected chi connectivity index (χ0v) is 21.7. The highest BCUT2D eigenvalue weighted by atomic mass is 32.2. The smallest absolute Gasteiger partial charge is 0.196 e. The van der Waals surface area contributed by atoms with Crippen LogP contribution < -0.4 is 4.74 Å². The first-order chi connectivity index (χ1) is 16.4. The molecule has 3 aromatic rings. The van der Waals surface area contributed by atoms with Crippen LogP contribution in [0.5, 0.6) is 5.75 Å². The van der Waals surface area contributed by atoms with E-state index in [0.717, 1.165) is 59.0 Å². The molecule has 7 nitrogen and oxygen atoms in total. The highest BCUT2D eigenvalue weighted by molar-refractivity contribution is 7.99. The van der Waals surface area contributed by atoms with E-state index in [1.165, 1.54) is 31.0 Å². The van der Waals surface area contributed by atoms with Crippen LogP contribution >= 0.6 is 11.8 Å². The average Bonchev–Trinajstić information content (AvgIpc) is 3.42. The Morgan fingerprint density at radius 3 is 2.44 bits per heavy atom. The number of Topliss-reactive ketones (excluding diaryl/α,β-unsaturated/α-hetero) is 1. The van der Waals surface area contributed by atoms with Crippen LogP contribution in [0.4, 0.5) is 0 Å². The molecule has 1 aliphatic rings. The molecule has 0 saturated carbocycles. The first kappa shape index (κ1) is 24.5. The van der Waals surface area contributed by atoms with Crippen molar-refractivity contribution in [1.29, 1.82) is 0 Å². The SMILES string of the molecule is CCn1c(C)cc(C(=O)CSc2nnc(C(C)N3CCCCC3)n2-c2ccc(OC)cc2)c1C. The molecule has 1 atom stereocenters. The summed E-state index contributed by atoms with van der Waals surface area (Å²) >= 11 is 1.45. The number of aromatic nitrogens is 4. The second-order valence-corrected chi connectivity index (χ2v) is 9.83. The molecular formula is C26H35N5O2S. The average molecular weight is 482 g/mol. The summed E-state index contributed by atoms with van der Waals surface area (Å²) in [6.07, 6.45) is 3.72. The first-order valence-electron chi connectivity index (χ1n) is 12.1. The number of piperidine rings is 1. The van der Waals surface area contributed by atoms with E-state index in [9.17, 15) is 4.79 Å². The molecule has 4 rings (SSSR count). The summed E-state index contributed by atoms with van der Waals surface area (Å²) < 4.78 is 9.63. The Balaban J connectivity index is 1.62. The van der Waals surface area contributed by atoms with Gasteiger partial charge in [0, 0.05) is 29.2 Å². The number of likely N-dealkylation sites (tertiary alicyclic amines) is 1. The normalized spacial score (nSPS) is 15.4. The molecule has 2 aromatic heterocycles. The van der Waals surface area contributed by atoms with Gasteiger partial charge in [0.05, 0.1) is 18.9 Å². The second-order valence-electron chi connectivity index (χ2n) is 8.89. The van der Waals surface area contributed by atoms with Crippen molar-refractivity contribution in [3.8, 4) is 11.4 Å². The zero-order valence-electron chi connectivity index (χ0n) is 20.9. The van der Waals surface area contributed by atoms with Gasteiger partial charge in [-0.15, -0.1) is 10.2 Å². The first-order valence-corrected chi connectivity index (χ1v) is 13.1. The number of rotatable bonds is 9. The van der Waals surface area contributed by atoms with Crippen LogP contribution in [0.2, 0.25) is 0 Å². The van der Waals surface area contributed by atoms with Gasteiger partial charge in [0.25, 0.3) is 0 Å². The second kappa shape index (κ2) is 10.8. The number of thioether (sulfide) groups is 1. The summed E-state index contributed by atoms with van der Waals surface area (Å²) in [5.74, 6) is 2.15. The summed E-state index contributed by atoms with van der Waals surface area (Å²) in [7, 11) is 1.67. The number of ether oxygens (including phenoxy) is 1. The maximum atomic E-state index is 13.1. The predicted octanol–water partition coefficient (Wildman–Crippen LogP) is 5.24. The number of aryl methyl sites for hydroxylation is 1. The fourth-order valence-electron chi connectivity index (χ4n) is 4.87. The number of carbonyl (C=O) groups excluding carboxylic acids is 1. The van der Waals surface area contributed by atoms with Gasteiger partial charge in [-0.1, -0.05) is 18.2 Å². The summed E-state index contributed by atoms with van der Waals surface area (Å²) in [4.78, 5) is 15.6. The van der Waals surface area contributed by atoms with E-state index in [0.29, 0.717) is 5.75 Å². The van der Waals surface area contributed by atoms with Crippen molar-refractivity contribution in [1.82, 2.24) is 24.2 Å². The van der Waals surface area contributed by atoms with Crippen LogP contribution in [0.1, 0.15) is 66.7 Å². The van der Waals surface area contributed by atoms with Gasteiger partial charge in [-0.25, -0.2) is 0 Å². The number of hydrogen-bond donors (Lipinski definition) is 0. The molecule has 1 aromatic carbocycles.